The van der Waals surface area contributed by atoms with Crippen molar-refractivity contribution in [2.24, 2.45) is 0 Å². The van der Waals surface area contributed by atoms with Gasteiger partial charge in [0, 0.05) is 12.5 Å². The van der Waals surface area contributed by atoms with Crippen LogP contribution in [0.5, 0.6) is 0 Å². The SMILES string of the molecule is CCc1cc(F)cc(C(C)(F)F)c1. The van der Waals surface area contributed by atoms with Crippen molar-refractivity contribution in [3.8, 4) is 0 Å². The lowest BCUT2D eigenvalue weighted by Gasteiger charge is -2.11. The predicted octanol–water partition coefficient (Wildman–Crippen LogP) is 3.50. The number of alkyl halides is 2. The Hall–Kier alpha value is -0.990. The van der Waals surface area contributed by atoms with Gasteiger partial charge in [-0.3, -0.25) is 0 Å². The number of hydrogen-bond donors (Lipinski definition) is 0. The molecule has 0 N–H and O–H groups in total. The third-order valence-electron chi connectivity index (χ3n) is 1.87. The fourth-order valence-electron chi connectivity index (χ4n) is 1.11. The first-order valence-corrected chi connectivity index (χ1v) is 4.11. The highest BCUT2D eigenvalue weighted by Gasteiger charge is 2.24. The number of hydrogen-bond acceptors (Lipinski definition) is 0. The van der Waals surface area contributed by atoms with E-state index in [0.29, 0.717) is 12.0 Å². The Kier molecular flexibility index (Phi) is 2.64. The van der Waals surface area contributed by atoms with Gasteiger partial charge in [-0.15, -0.1) is 0 Å². The van der Waals surface area contributed by atoms with Crippen LogP contribution in [-0.2, 0) is 12.3 Å². The highest BCUT2D eigenvalue weighted by atomic mass is 19.3. The van der Waals surface area contributed by atoms with Gasteiger partial charge in [0.15, 0.2) is 0 Å². The molecule has 0 bridgehead atoms. The van der Waals surface area contributed by atoms with Crippen LogP contribution in [0.2, 0.25) is 0 Å². The Balaban J connectivity index is 3.16. The molecule has 0 nitrogen and oxygen atoms in total. The minimum absolute atomic E-state index is 0.260. The van der Waals surface area contributed by atoms with Crippen LogP contribution in [0, 0.1) is 5.82 Å². The van der Waals surface area contributed by atoms with E-state index in [0.717, 1.165) is 13.0 Å². The molecule has 0 aliphatic heterocycles. The fraction of sp³-hybridized carbons (Fsp3) is 0.400. The summed E-state index contributed by atoms with van der Waals surface area (Å²) in [5, 5.41) is 0. The summed E-state index contributed by atoms with van der Waals surface area (Å²) in [5.74, 6) is -3.57. The zero-order valence-corrected chi connectivity index (χ0v) is 7.57. The summed E-state index contributed by atoms with van der Waals surface area (Å²) in [6.07, 6.45) is 0.556. The molecule has 0 atom stereocenters. The van der Waals surface area contributed by atoms with Gasteiger partial charge < -0.3 is 0 Å². The minimum Gasteiger partial charge on any atom is -0.207 e. The molecule has 0 unspecified atom stereocenters. The van der Waals surface area contributed by atoms with Crippen molar-refractivity contribution in [1.29, 1.82) is 0 Å². The van der Waals surface area contributed by atoms with Crippen LogP contribution in [0.4, 0.5) is 13.2 Å². The monoisotopic (exact) mass is 188 g/mol. The molecular formula is C10H11F3. The molecule has 0 radical (unpaired) electrons. The average molecular weight is 188 g/mol. The molecule has 1 aromatic carbocycles. The van der Waals surface area contributed by atoms with E-state index in [4.69, 9.17) is 0 Å². The van der Waals surface area contributed by atoms with E-state index in [1.165, 1.54) is 12.1 Å². The van der Waals surface area contributed by atoms with Gasteiger partial charge >= 0.3 is 0 Å². The largest absolute Gasteiger partial charge is 0.270 e. The maximum Gasteiger partial charge on any atom is 0.270 e. The molecule has 0 aromatic heterocycles. The molecule has 0 fully saturated rings. The molecular weight excluding hydrogens is 177 g/mol. The van der Waals surface area contributed by atoms with Crippen LogP contribution in [-0.4, -0.2) is 0 Å². The van der Waals surface area contributed by atoms with Gasteiger partial charge in [0.05, 0.1) is 0 Å². The van der Waals surface area contributed by atoms with Gasteiger partial charge in [0.25, 0.3) is 5.92 Å². The van der Waals surface area contributed by atoms with Crippen LogP contribution in [0.25, 0.3) is 0 Å². The minimum atomic E-state index is -2.97. The third-order valence-corrected chi connectivity index (χ3v) is 1.87. The average Bonchev–Trinajstić information content (AvgIpc) is 2.01. The van der Waals surface area contributed by atoms with Crippen LogP contribution < -0.4 is 0 Å². The predicted molar refractivity (Wildman–Crippen MR) is 45.3 cm³/mol. The number of aryl methyl sites for hydroxylation is 1. The summed E-state index contributed by atoms with van der Waals surface area (Å²) in [6.45, 7) is 2.56. The zero-order valence-electron chi connectivity index (χ0n) is 7.57. The van der Waals surface area contributed by atoms with Crippen LogP contribution in [0.3, 0.4) is 0 Å². The molecule has 0 saturated heterocycles. The molecule has 0 amide bonds. The Morgan fingerprint density at radius 2 is 1.85 bits per heavy atom. The van der Waals surface area contributed by atoms with E-state index in [1.54, 1.807) is 6.92 Å². The maximum atomic E-state index is 12.8. The quantitative estimate of drug-likeness (QED) is 0.666. The summed E-state index contributed by atoms with van der Waals surface area (Å²) >= 11 is 0. The first-order valence-electron chi connectivity index (χ1n) is 4.11. The normalized spacial score (nSPS) is 11.8. The molecule has 0 aliphatic carbocycles. The van der Waals surface area contributed by atoms with E-state index in [9.17, 15) is 13.2 Å². The summed E-state index contributed by atoms with van der Waals surface area (Å²) in [7, 11) is 0. The molecule has 0 aliphatic rings. The summed E-state index contributed by atoms with van der Waals surface area (Å²) in [4.78, 5) is 0. The van der Waals surface area contributed by atoms with E-state index in [2.05, 4.69) is 0 Å². The Bertz CT molecular complexity index is 300. The van der Waals surface area contributed by atoms with E-state index in [-0.39, 0.29) is 5.56 Å². The number of benzene rings is 1. The standard InChI is InChI=1S/C10H11F3/c1-3-7-4-8(10(2,12)13)6-9(11)5-7/h4-6H,3H2,1-2H3. The molecule has 0 spiro atoms. The van der Waals surface area contributed by atoms with E-state index in [1.807, 2.05) is 0 Å². The smallest absolute Gasteiger partial charge is 0.207 e. The first kappa shape index (κ1) is 10.1. The van der Waals surface area contributed by atoms with Crippen molar-refractivity contribution in [2.75, 3.05) is 0 Å². The number of halogens is 3. The van der Waals surface area contributed by atoms with Crippen molar-refractivity contribution < 1.29 is 13.2 Å². The molecule has 1 rings (SSSR count). The summed E-state index contributed by atoms with van der Waals surface area (Å²) in [5.41, 5.74) is 0.334. The highest BCUT2D eigenvalue weighted by molar-refractivity contribution is 5.27. The summed E-state index contributed by atoms with van der Waals surface area (Å²) < 4.78 is 38.4. The lowest BCUT2D eigenvalue weighted by Crippen LogP contribution is -2.08. The second-order valence-corrected chi connectivity index (χ2v) is 3.09. The van der Waals surface area contributed by atoms with Crippen molar-refractivity contribution in [3.63, 3.8) is 0 Å². The topological polar surface area (TPSA) is 0 Å². The zero-order chi connectivity index (χ0) is 10.1. The highest BCUT2D eigenvalue weighted by Crippen LogP contribution is 2.28. The van der Waals surface area contributed by atoms with Crippen molar-refractivity contribution in [3.05, 3.63) is 35.1 Å². The van der Waals surface area contributed by atoms with Crippen LogP contribution in [0.15, 0.2) is 18.2 Å². The Morgan fingerprint density at radius 3 is 2.31 bits per heavy atom. The van der Waals surface area contributed by atoms with Gasteiger partial charge in [-0.2, -0.15) is 0 Å². The van der Waals surface area contributed by atoms with Gasteiger partial charge in [-0.1, -0.05) is 6.92 Å². The summed E-state index contributed by atoms with van der Waals surface area (Å²) in [6, 6.07) is 3.48. The van der Waals surface area contributed by atoms with Gasteiger partial charge in [0.1, 0.15) is 5.82 Å². The second kappa shape index (κ2) is 3.40. The molecule has 1 aromatic rings. The van der Waals surface area contributed by atoms with Crippen LogP contribution >= 0.6 is 0 Å². The molecule has 0 saturated carbocycles. The fourth-order valence-corrected chi connectivity index (χ4v) is 1.11. The van der Waals surface area contributed by atoms with Gasteiger partial charge in [-0.25, -0.2) is 13.2 Å². The molecule has 3 heteroatoms. The van der Waals surface area contributed by atoms with Crippen LogP contribution in [0.1, 0.15) is 25.0 Å². The van der Waals surface area contributed by atoms with E-state index >= 15 is 0 Å². The van der Waals surface area contributed by atoms with Crippen molar-refractivity contribution in [1.82, 2.24) is 0 Å². The number of rotatable bonds is 2. The van der Waals surface area contributed by atoms with Crippen molar-refractivity contribution >= 4 is 0 Å². The molecule has 0 heterocycles. The Labute approximate surface area is 75.4 Å². The lowest BCUT2D eigenvalue weighted by atomic mass is 10.0. The second-order valence-electron chi connectivity index (χ2n) is 3.09. The lowest BCUT2D eigenvalue weighted by molar-refractivity contribution is 0.0171. The maximum absolute atomic E-state index is 12.8. The molecule has 72 valence electrons. The van der Waals surface area contributed by atoms with Gasteiger partial charge in [-0.05, 0) is 30.2 Å². The van der Waals surface area contributed by atoms with Gasteiger partial charge in [0.2, 0.25) is 0 Å². The molecule has 13 heavy (non-hydrogen) atoms. The third kappa shape index (κ3) is 2.47. The van der Waals surface area contributed by atoms with E-state index < -0.39 is 11.7 Å². The first-order chi connectivity index (χ1) is 5.93. The Morgan fingerprint density at radius 1 is 1.23 bits per heavy atom. The van der Waals surface area contributed by atoms with Crippen molar-refractivity contribution in [2.45, 2.75) is 26.2 Å².